The van der Waals surface area contributed by atoms with Crippen molar-refractivity contribution in [2.75, 3.05) is 5.32 Å². The molecule has 0 amide bonds. The molecule has 0 spiro atoms. The fourth-order valence-corrected chi connectivity index (χ4v) is 3.13. The zero-order valence-corrected chi connectivity index (χ0v) is 12.6. The third-order valence-corrected chi connectivity index (χ3v) is 4.31. The molecule has 0 saturated heterocycles. The van der Waals surface area contributed by atoms with Crippen LogP contribution in [0.1, 0.15) is 49.9 Å². The van der Waals surface area contributed by atoms with Crippen molar-refractivity contribution in [1.82, 2.24) is 9.55 Å². The lowest BCUT2D eigenvalue weighted by Gasteiger charge is -2.20. The van der Waals surface area contributed by atoms with Gasteiger partial charge in [0.2, 0.25) is 5.95 Å². The van der Waals surface area contributed by atoms with Crippen LogP contribution < -0.4 is 5.32 Å². The Morgan fingerprint density at radius 3 is 2.71 bits per heavy atom. The Labute approximate surface area is 125 Å². The number of benzene rings is 1. The summed E-state index contributed by atoms with van der Waals surface area (Å²) in [7, 11) is 0. The molecule has 1 saturated carbocycles. The van der Waals surface area contributed by atoms with E-state index in [1.807, 2.05) is 36.7 Å². The van der Waals surface area contributed by atoms with Gasteiger partial charge in [-0.2, -0.15) is 0 Å². The molecule has 3 rings (SSSR count). The summed E-state index contributed by atoms with van der Waals surface area (Å²) in [6, 6.07) is 7.38. The van der Waals surface area contributed by atoms with E-state index in [2.05, 4.69) is 10.3 Å². The normalized spacial score (nSPS) is 17.1. The minimum absolute atomic E-state index is 0.0729. The highest BCUT2D eigenvalue weighted by atomic mass is 19.1. The molecule has 0 aliphatic heterocycles. The summed E-state index contributed by atoms with van der Waals surface area (Å²) in [5, 5.41) is 3.53. The van der Waals surface area contributed by atoms with Gasteiger partial charge in [0.05, 0.1) is 11.7 Å². The number of aryl methyl sites for hydroxylation is 1. The quantitative estimate of drug-likeness (QED) is 0.909. The molecule has 1 fully saturated rings. The maximum atomic E-state index is 14.0. The average molecular weight is 287 g/mol. The van der Waals surface area contributed by atoms with Crippen LogP contribution in [0.5, 0.6) is 0 Å². The number of rotatable bonds is 4. The van der Waals surface area contributed by atoms with Crippen molar-refractivity contribution in [2.24, 2.45) is 0 Å². The van der Waals surface area contributed by atoms with Crippen molar-refractivity contribution in [3.8, 4) is 0 Å². The zero-order chi connectivity index (χ0) is 14.8. The minimum atomic E-state index is -0.164. The largest absolute Gasteiger partial charge is 0.353 e. The van der Waals surface area contributed by atoms with Crippen molar-refractivity contribution >= 4 is 5.95 Å². The molecule has 1 aliphatic rings. The lowest BCUT2D eigenvalue weighted by molar-refractivity contribution is 0.557. The maximum Gasteiger partial charge on any atom is 0.203 e. The Hall–Kier alpha value is -1.84. The first-order valence-corrected chi connectivity index (χ1v) is 7.71. The molecule has 112 valence electrons. The van der Waals surface area contributed by atoms with Crippen molar-refractivity contribution in [3.05, 3.63) is 47.5 Å². The monoisotopic (exact) mass is 287 g/mol. The molecule has 0 bridgehead atoms. The molecular formula is C17H22FN3. The molecule has 1 aromatic heterocycles. The Morgan fingerprint density at radius 2 is 2.00 bits per heavy atom. The maximum absolute atomic E-state index is 14.0. The number of imidazole rings is 1. The van der Waals surface area contributed by atoms with E-state index in [9.17, 15) is 4.39 Å². The van der Waals surface area contributed by atoms with Gasteiger partial charge < -0.3 is 9.88 Å². The first-order chi connectivity index (χ1) is 10.1. The topological polar surface area (TPSA) is 29.9 Å². The SMILES string of the molecule is Cc1cn(C(C)c2ccccc2F)c(NC2CCCC2)n1. The molecule has 1 unspecified atom stereocenters. The summed E-state index contributed by atoms with van der Waals surface area (Å²) in [5.41, 5.74) is 1.66. The number of halogens is 1. The number of anilines is 1. The molecule has 1 aromatic carbocycles. The number of nitrogens with zero attached hydrogens (tertiary/aromatic N) is 2. The Kier molecular flexibility index (Phi) is 3.95. The van der Waals surface area contributed by atoms with E-state index in [4.69, 9.17) is 0 Å². The molecule has 2 aromatic rings. The van der Waals surface area contributed by atoms with Crippen LogP contribution in [0.4, 0.5) is 10.3 Å². The van der Waals surface area contributed by atoms with Gasteiger partial charge in [-0.15, -0.1) is 0 Å². The van der Waals surface area contributed by atoms with E-state index in [1.54, 1.807) is 6.07 Å². The average Bonchev–Trinajstić information content (AvgIpc) is 3.09. The van der Waals surface area contributed by atoms with E-state index in [1.165, 1.54) is 31.7 Å². The van der Waals surface area contributed by atoms with Crippen LogP contribution in [0.25, 0.3) is 0 Å². The van der Waals surface area contributed by atoms with Crippen LogP contribution in [0.15, 0.2) is 30.5 Å². The highest BCUT2D eigenvalue weighted by molar-refractivity contribution is 5.34. The number of aromatic nitrogens is 2. The second-order valence-corrected chi connectivity index (χ2v) is 5.94. The van der Waals surface area contributed by atoms with Crippen LogP contribution in [0.2, 0.25) is 0 Å². The predicted octanol–water partition coefficient (Wildman–Crippen LogP) is 4.29. The second-order valence-electron chi connectivity index (χ2n) is 5.94. The summed E-state index contributed by atoms with van der Waals surface area (Å²) in [6.45, 7) is 3.99. The summed E-state index contributed by atoms with van der Waals surface area (Å²) in [6.07, 6.45) is 6.94. The zero-order valence-electron chi connectivity index (χ0n) is 12.6. The lowest BCUT2D eigenvalue weighted by atomic mass is 10.1. The highest BCUT2D eigenvalue weighted by Gasteiger charge is 2.20. The van der Waals surface area contributed by atoms with E-state index in [0.29, 0.717) is 11.6 Å². The molecule has 1 atom stereocenters. The van der Waals surface area contributed by atoms with Gasteiger partial charge in [0.1, 0.15) is 5.82 Å². The predicted molar refractivity (Wildman–Crippen MR) is 83.1 cm³/mol. The van der Waals surface area contributed by atoms with Crippen LogP contribution >= 0.6 is 0 Å². The summed E-state index contributed by atoms with van der Waals surface area (Å²) in [5.74, 6) is 0.693. The molecular weight excluding hydrogens is 265 g/mol. The van der Waals surface area contributed by atoms with Crippen LogP contribution in [-0.4, -0.2) is 15.6 Å². The van der Waals surface area contributed by atoms with Crippen LogP contribution in [-0.2, 0) is 0 Å². The Balaban J connectivity index is 1.89. The van der Waals surface area contributed by atoms with E-state index < -0.39 is 0 Å². The van der Waals surface area contributed by atoms with Crippen molar-refractivity contribution in [1.29, 1.82) is 0 Å². The van der Waals surface area contributed by atoms with Gasteiger partial charge in [0, 0.05) is 17.8 Å². The van der Waals surface area contributed by atoms with Crippen LogP contribution in [0.3, 0.4) is 0 Å². The number of nitrogens with one attached hydrogen (secondary N) is 1. The number of hydrogen-bond acceptors (Lipinski definition) is 2. The number of hydrogen-bond donors (Lipinski definition) is 1. The standard InChI is InChI=1S/C17H22FN3/c1-12-11-21(13(2)15-9-5-6-10-16(15)18)17(19-12)20-14-7-3-4-8-14/h5-6,9-11,13-14H,3-4,7-8H2,1-2H3,(H,19,20). The minimum Gasteiger partial charge on any atom is -0.353 e. The first-order valence-electron chi connectivity index (χ1n) is 7.71. The molecule has 0 radical (unpaired) electrons. The molecule has 3 nitrogen and oxygen atoms in total. The third-order valence-electron chi connectivity index (χ3n) is 4.31. The second kappa shape index (κ2) is 5.88. The van der Waals surface area contributed by atoms with Gasteiger partial charge in [-0.3, -0.25) is 0 Å². The summed E-state index contributed by atoms with van der Waals surface area (Å²) in [4.78, 5) is 4.58. The van der Waals surface area contributed by atoms with Gasteiger partial charge in [-0.1, -0.05) is 31.0 Å². The van der Waals surface area contributed by atoms with Crippen molar-refractivity contribution < 1.29 is 4.39 Å². The molecule has 21 heavy (non-hydrogen) atoms. The van der Waals surface area contributed by atoms with Gasteiger partial charge in [0.25, 0.3) is 0 Å². The van der Waals surface area contributed by atoms with Gasteiger partial charge >= 0.3 is 0 Å². The molecule has 1 aliphatic carbocycles. The fourth-order valence-electron chi connectivity index (χ4n) is 3.13. The van der Waals surface area contributed by atoms with E-state index in [-0.39, 0.29) is 11.9 Å². The fraction of sp³-hybridized carbons (Fsp3) is 0.471. The summed E-state index contributed by atoms with van der Waals surface area (Å²) < 4.78 is 16.1. The smallest absolute Gasteiger partial charge is 0.203 e. The Bertz CT molecular complexity index is 614. The first kappa shape index (κ1) is 14.1. The third kappa shape index (κ3) is 2.94. The molecule has 1 heterocycles. The van der Waals surface area contributed by atoms with Gasteiger partial charge in [-0.05, 0) is 32.8 Å². The van der Waals surface area contributed by atoms with E-state index >= 15 is 0 Å². The highest BCUT2D eigenvalue weighted by Crippen LogP contribution is 2.27. The molecule has 4 heteroatoms. The van der Waals surface area contributed by atoms with E-state index in [0.717, 1.165) is 11.6 Å². The Morgan fingerprint density at radius 1 is 1.29 bits per heavy atom. The van der Waals surface area contributed by atoms with Crippen LogP contribution in [0, 0.1) is 12.7 Å². The van der Waals surface area contributed by atoms with Crippen molar-refractivity contribution in [2.45, 2.75) is 51.6 Å². The lowest BCUT2D eigenvalue weighted by Crippen LogP contribution is -2.20. The molecule has 1 N–H and O–H groups in total. The van der Waals surface area contributed by atoms with Gasteiger partial charge in [-0.25, -0.2) is 9.37 Å². The van der Waals surface area contributed by atoms with Gasteiger partial charge in [0.15, 0.2) is 0 Å². The van der Waals surface area contributed by atoms with Crippen molar-refractivity contribution in [3.63, 3.8) is 0 Å². The summed E-state index contributed by atoms with van der Waals surface area (Å²) >= 11 is 0.